The number of nitrogens with one attached hydrogen (secondary N) is 2. The quantitative estimate of drug-likeness (QED) is 0.341. The molecule has 0 saturated carbocycles. The average molecular weight is 440 g/mol. The number of carbonyl (C=O) groups is 1. The van der Waals surface area contributed by atoms with Gasteiger partial charge >= 0.3 is 0 Å². The van der Waals surface area contributed by atoms with Gasteiger partial charge in [-0.15, -0.1) is 11.8 Å². The van der Waals surface area contributed by atoms with Crippen molar-refractivity contribution in [2.45, 2.75) is 25.2 Å². The summed E-state index contributed by atoms with van der Waals surface area (Å²) >= 11 is 1.62. The summed E-state index contributed by atoms with van der Waals surface area (Å²) in [4.78, 5) is 18.3. The molecule has 1 amide bonds. The Bertz CT molecular complexity index is 1110. The molecular formula is C23H26FN5OS. The van der Waals surface area contributed by atoms with Crippen LogP contribution in [0.15, 0.2) is 58.4 Å². The number of hydrogen-bond acceptors (Lipinski definition) is 4. The zero-order valence-electron chi connectivity index (χ0n) is 18.1. The minimum Gasteiger partial charge on any atom is -0.326 e. The molecule has 162 valence electrons. The maximum atomic E-state index is 13.5. The SMILES string of the molecule is CSc1cccc(NC(=NCCc2c(C)nn(C)c2C)NC(=O)c2cccc(F)c2)c1. The van der Waals surface area contributed by atoms with Gasteiger partial charge in [0.2, 0.25) is 5.96 Å². The predicted molar refractivity (Wildman–Crippen MR) is 124 cm³/mol. The number of hydrogen-bond donors (Lipinski definition) is 2. The van der Waals surface area contributed by atoms with E-state index in [-0.39, 0.29) is 5.56 Å². The zero-order chi connectivity index (χ0) is 22.4. The Balaban J connectivity index is 1.80. The van der Waals surface area contributed by atoms with Crippen molar-refractivity contribution in [2.75, 3.05) is 18.1 Å². The first-order valence-corrected chi connectivity index (χ1v) is 11.1. The fourth-order valence-electron chi connectivity index (χ4n) is 3.22. The Morgan fingerprint density at radius 2 is 1.97 bits per heavy atom. The third-order valence-electron chi connectivity index (χ3n) is 4.94. The molecule has 0 atom stereocenters. The van der Waals surface area contributed by atoms with Crippen molar-refractivity contribution < 1.29 is 9.18 Å². The zero-order valence-corrected chi connectivity index (χ0v) is 18.9. The number of thioether (sulfide) groups is 1. The van der Waals surface area contributed by atoms with E-state index in [0.717, 1.165) is 27.5 Å². The highest BCUT2D eigenvalue weighted by Crippen LogP contribution is 2.19. The van der Waals surface area contributed by atoms with E-state index in [2.05, 4.69) is 20.7 Å². The van der Waals surface area contributed by atoms with Crippen LogP contribution in [0, 0.1) is 19.7 Å². The predicted octanol–water partition coefficient (Wildman–Crippen LogP) is 4.34. The second-order valence-corrected chi connectivity index (χ2v) is 7.95. The van der Waals surface area contributed by atoms with Crippen LogP contribution in [0.25, 0.3) is 0 Å². The number of guanidine groups is 1. The Hall–Kier alpha value is -3.13. The topological polar surface area (TPSA) is 71.3 Å². The summed E-state index contributed by atoms with van der Waals surface area (Å²) in [5.74, 6) is -0.582. The Kier molecular flexibility index (Phi) is 7.46. The fraction of sp³-hybridized carbons (Fsp3) is 0.261. The summed E-state index contributed by atoms with van der Waals surface area (Å²) in [7, 11) is 1.92. The minimum atomic E-state index is -0.464. The van der Waals surface area contributed by atoms with Crippen LogP contribution >= 0.6 is 11.8 Å². The molecule has 6 nitrogen and oxygen atoms in total. The third-order valence-corrected chi connectivity index (χ3v) is 5.67. The smallest absolute Gasteiger partial charge is 0.258 e. The van der Waals surface area contributed by atoms with Crippen LogP contribution in [0.5, 0.6) is 0 Å². The highest BCUT2D eigenvalue weighted by atomic mass is 32.2. The number of rotatable bonds is 6. The Morgan fingerprint density at radius 1 is 1.19 bits per heavy atom. The van der Waals surface area contributed by atoms with Crippen LogP contribution in [0.1, 0.15) is 27.3 Å². The van der Waals surface area contributed by atoms with Crippen molar-refractivity contribution in [1.82, 2.24) is 15.1 Å². The largest absolute Gasteiger partial charge is 0.326 e. The number of aliphatic imine (C=N–C) groups is 1. The molecule has 0 aliphatic rings. The van der Waals surface area contributed by atoms with Crippen LogP contribution in [0.4, 0.5) is 10.1 Å². The maximum Gasteiger partial charge on any atom is 0.258 e. The molecule has 0 aliphatic heterocycles. The van der Waals surface area contributed by atoms with E-state index >= 15 is 0 Å². The Morgan fingerprint density at radius 3 is 2.65 bits per heavy atom. The molecule has 1 heterocycles. The van der Waals surface area contributed by atoms with Crippen molar-refractivity contribution in [3.8, 4) is 0 Å². The first-order chi connectivity index (χ1) is 14.9. The highest BCUT2D eigenvalue weighted by molar-refractivity contribution is 7.98. The van der Waals surface area contributed by atoms with Gasteiger partial charge < -0.3 is 5.32 Å². The monoisotopic (exact) mass is 439 g/mol. The van der Waals surface area contributed by atoms with Crippen molar-refractivity contribution in [1.29, 1.82) is 0 Å². The lowest BCUT2D eigenvalue weighted by atomic mass is 10.1. The van der Waals surface area contributed by atoms with E-state index in [9.17, 15) is 9.18 Å². The normalized spacial score (nSPS) is 11.5. The van der Waals surface area contributed by atoms with Gasteiger partial charge in [-0.3, -0.25) is 19.8 Å². The van der Waals surface area contributed by atoms with Crippen molar-refractivity contribution in [3.63, 3.8) is 0 Å². The molecule has 0 unspecified atom stereocenters. The summed E-state index contributed by atoms with van der Waals surface area (Å²) in [6, 6.07) is 13.4. The van der Waals surface area contributed by atoms with Gasteiger partial charge in [-0.2, -0.15) is 5.10 Å². The molecule has 8 heteroatoms. The van der Waals surface area contributed by atoms with E-state index < -0.39 is 11.7 Å². The van der Waals surface area contributed by atoms with Gasteiger partial charge in [0.15, 0.2) is 0 Å². The number of halogens is 1. The summed E-state index contributed by atoms with van der Waals surface area (Å²) in [6.45, 7) is 4.46. The molecule has 0 fully saturated rings. The number of carbonyl (C=O) groups excluding carboxylic acids is 1. The number of nitrogens with zero attached hydrogens (tertiary/aromatic N) is 3. The molecule has 0 radical (unpaired) electrons. The van der Waals surface area contributed by atoms with Crippen molar-refractivity contribution >= 4 is 29.3 Å². The van der Waals surface area contributed by atoms with E-state index in [0.29, 0.717) is 18.9 Å². The molecule has 3 rings (SSSR count). The van der Waals surface area contributed by atoms with Crippen LogP contribution < -0.4 is 10.6 Å². The molecule has 0 aliphatic carbocycles. The molecule has 2 N–H and O–H groups in total. The minimum absolute atomic E-state index is 0.228. The molecule has 31 heavy (non-hydrogen) atoms. The molecule has 0 saturated heterocycles. The number of benzene rings is 2. The molecule has 0 bridgehead atoms. The Labute approximate surface area is 186 Å². The molecule has 1 aromatic heterocycles. The van der Waals surface area contributed by atoms with Gasteiger partial charge in [-0.25, -0.2) is 4.39 Å². The lowest BCUT2D eigenvalue weighted by Gasteiger charge is -2.13. The molecule has 0 spiro atoms. The van der Waals surface area contributed by atoms with E-state index in [1.165, 1.54) is 18.2 Å². The summed E-state index contributed by atoms with van der Waals surface area (Å²) < 4.78 is 15.4. The average Bonchev–Trinajstić information content (AvgIpc) is 2.99. The van der Waals surface area contributed by atoms with Gasteiger partial charge in [-0.1, -0.05) is 12.1 Å². The van der Waals surface area contributed by atoms with Crippen molar-refractivity contribution in [2.24, 2.45) is 12.0 Å². The van der Waals surface area contributed by atoms with Crippen LogP contribution in [-0.4, -0.2) is 34.4 Å². The number of anilines is 1. The molecule has 3 aromatic rings. The first-order valence-electron chi connectivity index (χ1n) is 9.89. The van der Waals surface area contributed by atoms with Crippen molar-refractivity contribution in [3.05, 3.63) is 76.9 Å². The summed E-state index contributed by atoms with van der Waals surface area (Å²) in [5.41, 5.74) is 4.25. The van der Waals surface area contributed by atoms with Crippen LogP contribution in [-0.2, 0) is 13.5 Å². The lowest BCUT2D eigenvalue weighted by Crippen LogP contribution is -2.36. The van der Waals surface area contributed by atoms with Gasteiger partial charge in [0.1, 0.15) is 5.82 Å². The first kappa shape index (κ1) is 22.6. The van der Waals surface area contributed by atoms with Gasteiger partial charge in [0, 0.05) is 35.4 Å². The molecular weight excluding hydrogens is 413 g/mol. The second kappa shape index (κ2) is 10.3. The van der Waals surface area contributed by atoms with Crippen LogP contribution in [0.2, 0.25) is 0 Å². The van der Waals surface area contributed by atoms with E-state index in [1.807, 2.05) is 56.1 Å². The second-order valence-electron chi connectivity index (χ2n) is 7.07. The number of aryl methyl sites for hydroxylation is 2. The summed E-state index contributed by atoms with van der Waals surface area (Å²) in [6.07, 6.45) is 2.69. The van der Waals surface area contributed by atoms with Gasteiger partial charge in [0.25, 0.3) is 5.91 Å². The van der Waals surface area contributed by atoms with Gasteiger partial charge in [-0.05, 0) is 68.5 Å². The van der Waals surface area contributed by atoms with E-state index in [4.69, 9.17) is 0 Å². The number of amides is 1. The van der Waals surface area contributed by atoms with Crippen LogP contribution in [0.3, 0.4) is 0 Å². The standard InChI is InChI=1S/C23H26FN5OS/c1-15-21(16(2)29(3)28-15)11-12-25-23(26-19-9-6-10-20(14-19)31-4)27-22(30)17-7-5-8-18(24)13-17/h5-10,13-14H,11-12H2,1-4H3,(H2,25,26,27,30). The number of aromatic nitrogens is 2. The van der Waals surface area contributed by atoms with Gasteiger partial charge in [0.05, 0.1) is 5.69 Å². The summed E-state index contributed by atoms with van der Waals surface area (Å²) in [5, 5.41) is 10.4. The maximum absolute atomic E-state index is 13.5. The third kappa shape index (κ3) is 5.95. The fourth-order valence-corrected chi connectivity index (χ4v) is 3.68. The highest BCUT2D eigenvalue weighted by Gasteiger charge is 2.12. The lowest BCUT2D eigenvalue weighted by molar-refractivity contribution is 0.0976. The molecule has 2 aromatic carbocycles. The van der Waals surface area contributed by atoms with E-state index in [1.54, 1.807) is 17.8 Å².